The van der Waals surface area contributed by atoms with Crippen LogP contribution in [0.4, 0.5) is 18.0 Å². The van der Waals surface area contributed by atoms with Gasteiger partial charge in [0.1, 0.15) is 12.0 Å². The van der Waals surface area contributed by atoms with Crippen molar-refractivity contribution >= 4 is 18.0 Å². The van der Waals surface area contributed by atoms with E-state index < -0.39 is 53.9 Å². The molecule has 2 bridgehead atoms. The maximum absolute atomic E-state index is 12.9. The maximum atomic E-state index is 12.9. The number of amides is 2. The summed E-state index contributed by atoms with van der Waals surface area (Å²) in [7, 11) is 0. The SMILES string of the molecule is CC(C)(C)OC(=O)NN1CC2CCC([C@H]1OC(=O)C(C)(C)C)N(C(=O)CC(F)(F)F)C2. The number of carbonyl (C=O) groups is 3. The van der Waals surface area contributed by atoms with Crippen LogP contribution < -0.4 is 5.43 Å². The van der Waals surface area contributed by atoms with Crippen LogP contribution in [0.1, 0.15) is 60.8 Å². The van der Waals surface area contributed by atoms with Crippen LogP contribution in [0.15, 0.2) is 0 Å². The summed E-state index contributed by atoms with van der Waals surface area (Å²) in [6, 6.07) is -0.824. The fourth-order valence-corrected chi connectivity index (χ4v) is 3.62. The second-order valence-electron chi connectivity index (χ2n) is 10.2. The number of esters is 1. The van der Waals surface area contributed by atoms with Gasteiger partial charge in [0, 0.05) is 13.1 Å². The standard InChI is InChI=1S/C20H32F3N3O5/c1-18(2,3)16(28)30-15-13-8-7-12(10-25(13)14(27)9-20(21,22)23)11-26(15)24-17(29)31-19(4,5)6/h12-13,15H,7-11H2,1-6H3,(H,24,29)/t12?,13?,15-/m1/s1. The number of alkyl halides is 3. The van der Waals surface area contributed by atoms with E-state index in [2.05, 4.69) is 5.43 Å². The number of carbonyl (C=O) groups excluding carboxylic acids is 3. The minimum atomic E-state index is -4.64. The molecule has 0 radical (unpaired) electrons. The number of hydrogen-bond donors (Lipinski definition) is 1. The van der Waals surface area contributed by atoms with Crippen molar-refractivity contribution in [3.63, 3.8) is 0 Å². The van der Waals surface area contributed by atoms with Gasteiger partial charge in [-0.15, -0.1) is 0 Å². The number of hydrogen-bond acceptors (Lipinski definition) is 6. The molecule has 3 heterocycles. The third kappa shape index (κ3) is 7.26. The van der Waals surface area contributed by atoms with E-state index in [1.54, 1.807) is 41.5 Å². The van der Waals surface area contributed by atoms with Gasteiger partial charge in [0.25, 0.3) is 0 Å². The number of fused-ring (bicyclic) bond motifs is 4. The van der Waals surface area contributed by atoms with Gasteiger partial charge in [-0.1, -0.05) is 0 Å². The topological polar surface area (TPSA) is 88.2 Å². The van der Waals surface area contributed by atoms with Gasteiger partial charge in [0.2, 0.25) is 5.91 Å². The molecule has 2 unspecified atom stereocenters. The van der Waals surface area contributed by atoms with Crippen molar-refractivity contribution in [2.45, 2.75) is 84.9 Å². The van der Waals surface area contributed by atoms with Crippen LogP contribution in [-0.4, -0.2) is 65.0 Å². The van der Waals surface area contributed by atoms with Crippen LogP contribution in [-0.2, 0) is 19.1 Å². The smallest absolute Gasteiger partial charge is 0.422 e. The van der Waals surface area contributed by atoms with Gasteiger partial charge < -0.3 is 14.4 Å². The van der Waals surface area contributed by atoms with E-state index in [1.165, 1.54) is 5.01 Å². The van der Waals surface area contributed by atoms with Crippen LogP contribution in [0.5, 0.6) is 0 Å². The Balaban J connectivity index is 2.32. The molecule has 31 heavy (non-hydrogen) atoms. The number of piperidine rings is 1. The van der Waals surface area contributed by atoms with Gasteiger partial charge in [-0.2, -0.15) is 18.2 Å². The first kappa shape index (κ1) is 25.2. The molecule has 0 saturated carbocycles. The first-order valence-electron chi connectivity index (χ1n) is 10.3. The lowest BCUT2D eigenvalue weighted by Gasteiger charge is -2.40. The summed E-state index contributed by atoms with van der Waals surface area (Å²) >= 11 is 0. The molecule has 0 aromatic carbocycles. The zero-order valence-corrected chi connectivity index (χ0v) is 18.8. The van der Waals surface area contributed by atoms with Gasteiger partial charge in [-0.05, 0) is 60.3 Å². The third-order valence-corrected chi connectivity index (χ3v) is 4.96. The molecule has 3 rings (SSSR count). The van der Waals surface area contributed by atoms with E-state index in [0.29, 0.717) is 12.8 Å². The fraction of sp³-hybridized carbons (Fsp3) is 0.850. The molecular weight excluding hydrogens is 419 g/mol. The number of ether oxygens (including phenoxy) is 2. The molecular formula is C20H32F3N3O5. The molecule has 3 aliphatic heterocycles. The predicted octanol–water partition coefficient (Wildman–Crippen LogP) is 3.22. The summed E-state index contributed by atoms with van der Waals surface area (Å²) in [5.41, 5.74) is 0.903. The predicted molar refractivity (Wildman–Crippen MR) is 104 cm³/mol. The Morgan fingerprint density at radius 2 is 1.61 bits per heavy atom. The lowest BCUT2D eigenvalue weighted by atomic mass is 9.93. The highest BCUT2D eigenvalue weighted by atomic mass is 19.4. The lowest BCUT2D eigenvalue weighted by molar-refractivity contribution is -0.184. The van der Waals surface area contributed by atoms with Gasteiger partial charge in [-0.25, -0.2) is 4.79 Å². The molecule has 1 N–H and O–H groups in total. The average molecular weight is 451 g/mol. The van der Waals surface area contributed by atoms with E-state index in [-0.39, 0.29) is 19.0 Å². The Kier molecular flexibility index (Phi) is 7.19. The Morgan fingerprint density at radius 3 is 2.13 bits per heavy atom. The van der Waals surface area contributed by atoms with E-state index in [4.69, 9.17) is 9.47 Å². The second-order valence-corrected chi connectivity index (χ2v) is 10.2. The van der Waals surface area contributed by atoms with E-state index >= 15 is 0 Å². The highest BCUT2D eigenvalue weighted by molar-refractivity contribution is 5.78. The van der Waals surface area contributed by atoms with Crippen LogP contribution in [0.2, 0.25) is 0 Å². The van der Waals surface area contributed by atoms with Crippen LogP contribution in [0, 0.1) is 11.3 Å². The lowest BCUT2D eigenvalue weighted by Crippen LogP contribution is -2.59. The first-order valence-corrected chi connectivity index (χ1v) is 10.3. The number of hydrazine groups is 1. The number of halogens is 3. The number of rotatable bonds is 3. The quantitative estimate of drug-likeness (QED) is 0.663. The van der Waals surface area contributed by atoms with Gasteiger partial charge in [0.15, 0.2) is 6.23 Å². The summed E-state index contributed by atoms with van der Waals surface area (Å²) in [6.45, 7) is 10.3. The third-order valence-electron chi connectivity index (χ3n) is 4.96. The monoisotopic (exact) mass is 451 g/mol. The number of nitrogens with one attached hydrogen (secondary N) is 1. The molecule has 178 valence electrons. The summed E-state index contributed by atoms with van der Waals surface area (Å²) in [6.07, 6.45) is -7.17. The van der Waals surface area contributed by atoms with Crippen LogP contribution in [0.25, 0.3) is 0 Å². The molecule has 8 nitrogen and oxygen atoms in total. The zero-order chi connectivity index (χ0) is 23.8. The molecule has 0 aromatic rings. The Labute approximate surface area is 180 Å². The van der Waals surface area contributed by atoms with Crippen molar-refractivity contribution in [1.29, 1.82) is 0 Å². The largest absolute Gasteiger partial charge is 0.443 e. The maximum Gasteiger partial charge on any atom is 0.422 e. The molecule has 3 aliphatic rings. The van der Waals surface area contributed by atoms with E-state index in [1.807, 2.05) is 0 Å². The molecule has 0 spiro atoms. The van der Waals surface area contributed by atoms with Crippen molar-refractivity contribution in [2.24, 2.45) is 11.3 Å². The Bertz CT molecular complexity index is 700. The van der Waals surface area contributed by atoms with Crippen molar-refractivity contribution in [1.82, 2.24) is 15.3 Å². The minimum absolute atomic E-state index is 0.0929. The molecule has 3 saturated heterocycles. The summed E-state index contributed by atoms with van der Waals surface area (Å²) in [5.74, 6) is -1.86. The van der Waals surface area contributed by atoms with Crippen LogP contribution >= 0.6 is 0 Å². The second kappa shape index (κ2) is 8.84. The van der Waals surface area contributed by atoms with Gasteiger partial charge in [0.05, 0.1) is 11.5 Å². The number of nitrogens with zero attached hydrogens (tertiary/aromatic N) is 2. The van der Waals surface area contributed by atoms with Crippen LogP contribution in [0.3, 0.4) is 0 Å². The molecule has 0 aromatic heterocycles. The van der Waals surface area contributed by atoms with E-state index in [9.17, 15) is 27.6 Å². The summed E-state index contributed by atoms with van der Waals surface area (Å²) in [4.78, 5) is 38.5. The first-order chi connectivity index (χ1) is 14.0. The van der Waals surface area contributed by atoms with Crippen molar-refractivity contribution in [3.05, 3.63) is 0 Å². The Hall–Kier alpha value is -2.04. The molecule has 0 aliphatic carbocycles. The van der Waals surface area contributed by atoms with Gasteiger partial charge in [-0.3, -0.25) is 15.0 Å². The highest BCUT2D eigenvalue weighted by Gasteiger charge is 2.48. The summed E-state index contributed by atoms with van der Waals surface area (Å²) < 4.78 is 49.5. The normalized spacial score (nSPS) is 25.1. The minimum Gasteiger partial charge on any atom is -0.443 e. The van der Waals surface area contributed by atoms with Gasteiger partial charge >= 0.3 is 18.2 Å². The summed E-state index contributed by atoms with van der Waals surface area (Å²) in [5, 5.41) is 1.38. The molecule has 2 amide bonds. The fourth-order valence-electron chi connectivity index (χ4n) is 3.62. The van der Waals surface area contributed by atoms with E-state index in [0.717, 1.165) is 4.90 Å². The van der Waals surface area contributed by atoms with Crippen molar-refractivity contribution < 1.29 is 37.0 Å². The molecule has 11 heteroatoms. The average Bonchev–Trinajstić information content (AvgIpc) is 2.78. The molecule has 3 fully saturated rings. The zero-order valence-electron chi connectivity index (χ0n) is 18.8. The highest BCUT2D eigenvalue weighted by Crippen LogP contribution is 2.34. The Morgan fingerprint density at radius 1 is 1.00 bits per heavy atom. The van der Waals surface area contributed by atoms with Crippen molar-refractivity contribution in [3.8, 4) is 0 Å². The van der Waals surface area contributed by atoms with Crippen molar-refractivity contribution in [2.75, 3.05) is 13.1 Å². The molecule has 3 atom stereocenters.